The maximum absolute atomic E-state index is 5.30. The molecule has 0 N–H and O–H groups in total. The minimum atomic E-state index is -2.10. The Bertz CT molecular complexity index is 2180. The van der Waals surface area contributed by atoms with E-state index in [1.165, 1.54) is 32.6 Å². The molecule has 0 radical (unpaired) electrons. The lowest BCUT2D eigenvalue weighted by Gasteiger charge is -2.25. The minimum Gasteiger partial charge on any atom is -0.292 e. The van der Waals surface area contributed by atoms with Crippen molar-refractivity contribution in [3.8, 4) is 28.3 Å². The lowest BCUT2D eigenvalue weighted by atomic mass is 9.92. The molecule has 0 spiro atoms. The smallest absolute Gasteiger partial charge is 0.145 e. The van der Waals surface area contributed by atoms with Crippen LogP contribution in [0.15, 0.2) is 128 Å². The standard InChI is InChI=1S/C42H41N3Si/c1-28(2)36-20-13-21-37(29(3)4)41(36)45-40-23-10-9-22-38(40)44-42(45)32-17-12-19-35(25-32)46(5,6)34-18-11-16-31(24-34)39-26-30-14-7-8-15-33(30)27-43-39/h7-29H,1-6H3. The van der Waals surface area contributed by atoms with Gasteiger partial charge in [-0.1, -0.05) is 154 Å². The number of aromatic nitrogens is 3. The number of fused-ring (bicyclic) bond motifs is 2. The zero-order chi connectivity index (χ0) is 32.0. The van der Waals surface area contributed by atoms with Gasteiger partial charge < -0.3 is 0 Å². The largest absolute Gasteiger partial charge is 0.292 e. The van der Waals surface area contributed by atoms with Gasteiger partial charge in [0.1, 0.15) is 13.9 Å². The monoisotopic (exact) mass is 615 g/mol. The molecule has 2 heterocycles. The Labute approximate surface area is 273 Å². The number of benzene rings is 5. The van der Waals surface area contributed by atoms with E-state index < -0.39 is 8.07 Å². The van der Waals surface area contributed by atoms with Crippen molar-refractivity contribution >= 4 is 40.3 Å². The molecule has 3 nitrogen and oxygen atoms in total. The topological polar surface area (TPSA) is 30.7 Å². The predicted molar refractivity (Wildman–Crippen MR) is 199 cm³/mol. The first kappa shape index (κ1) is 29.9. The van der Waals surface area contributed by atoms with E-state index in [1.54, 1.807) is 0 Å². The van der Waals surface area contributed by atoms with Gasteiger partial charge in [0.15, 0.2) is 0 Å². The summed E-state index contributed by atoms with van der Waals surface area (Å²) in [5.74, 6) is 1.76. The molecule has 0 aliphatic carbocycles. The zero-order valence-electron chi connectivity index (χ0n) is 27.6. The highest BCUT2D eigenvalue weighted by atomic mass is 28.3. The zero-order valence-corrected chi connectivity index (χ0v) is 28.6. The summed E-state index contributed by atoms with van der Waals surface area (Å²) in [6.07, 6.45) is 1.98. The van der Waals surface area contributed by atoms with Crippen molar-refractivity contribution in [3.63, 3.8) is 0 Å². The number of pyridine rings is 1. The van der Waals surface area contributed by atoms with E-state index in [0.29, 0.717) is 11.8 Å². The molecule has 7 aromatic rings. The second-order valence-electron chi connectivity index (χ2n) is 13.6. The molecule has 0 fully saturated rings. The van der Waals surface area contributed by atoms with E-state index >= 15 is 0 Å². The molecule has 0 aliphatic rings. The van der Waals surface area contributed by atoms with Crippen LogP contribution in [0.25, 0.3) is 50.1 Å². The molecule has 0 atom stereocenters. The average molecular weight is 616 g/mol. The van der Waals surface area contributed by atoms with Crippen molar-refractivity contribution in [3.05, 3.63) is 139 Å². The van der Waals surface area contributed by atoms with Gasteiger partial charge in [-0.3, -0.25) is 9.55 Å². The average Bonchev–Trinajstić information content (AvgIpc) is 3.47. The first-order chi connectivity index (χ1) is 22.2. The van der Waals surface area contributed by atoms with Gasteiger partial charge in [0.25, 0.3) is 0 Å². The van der Waals surface area contributed by atoms with Crippen molar-refractivity contribution in [1.82, 2.24) is 14.5 Å². The van der Waals surface area contributed by atoms with Crippen molar-refractivity contribution < 1.29 is 0 Å². The molecular formula is C42H41N3Si. The van der Waals surface area contributed by atoms with Gasteiger partial charge in [-0.2, -0.15) is 0 Å². The second kappa shape index (κ2) is 11.8. The first-order valence-electron chi connectivity index (χ1n) is 16.4. The summed E-state index contributed by atoms with van der Waals surface area (Å²) in [7, 11) is -2.10. The normalized spacial score (nSPS) is 12.1. The summed E-state index contributed by atoms with van der Waals surface area (Å²) in [6, 6.07) is 44.2. The lowest BCUT2D eigenvalue weighted by molar-refractivity contribution is 0.811. The van der Waals surface area contributed by atoms with Crippen LogP contribution in [-0.4, -0.2) is 22.6 Å². The number of hydrogen-bond acceptors (Lipinski definition) is 2. The van der Waals surface area contributed by atoms with E-state index in [-0.39, 0.29) is 0 Å². The molecule has 2 aromatic heterocycles. The predicted octanol–water partition coefficient (Wildman–Crippen LogP) is 9.98. The Kier molecular flexibility index (Phi) is 7.70. The third-order valence-corrected chi connectivity index (χ3v) is 13.0. The molecule has 0 unspecified atom stereocenters. The van der Waals surface area contributed by atoms with Crippen LogP contribution in [-0.2, 0) is 0 Å². The van der Waals surface area contributed by atoms with Gasteiger partial charge in [-0.25, -0.2) is 4.98 Å². The molecule has 5 aromatic carbocycles. The van der Waals surface area contributed by atoms with Crippen molar-refractivity contribution in [1.29, 1.82) is 0 Å². The maximum Gasteiger partial charge on any atom is 0.145 e. The molecule has 0 bridgehead atoms. The Balaban J connectivity index is 1.36. The Hall–Kier alpha value is -4.80. The Morgan fingerprint density at radius 2 is 1.17 bits per heavy atom. The van der Waals surface area contributed by atoms with Crippen molar-refractivity contribution in [2.45, 2.75) is 52.6 Å². The van der Waals surface area contributed by atoms with E-state index in [0.717, 1.165) is 39.1 Å². The number of nitrogens with zero attached hydrogens (tertiary/aromatic N) is 3. The summed E-state index contributed by atoms with van der Waals surface area (Å²) >= 11 is 0. The molecular weight excluding hydrogens is 575 g/mol. The number of hydrogen-bond donors (Lipinski definition) is 0. The third kappa shape index (κ3) is 5.27. The SMILES string of the molecule is CC(C)c1cccc(C(C)C)c1-n1c(-c2cccc([Si](C)(C)c3cccc(-c4cc5ccccc5cn4)c3)c2)nc2ccccc21. The van der Waals surface area contributed by atoms with Gasteiger partial charge in [-0.05, 0) is 46.5 Å². The molecule has 228 valence electrons. The summed E-state index contributed by atoms with van der Waals surface area (Å²) in [5, 5.41) is 5.15. The van der Waals surface area contributed by atoms with Crippen LogP contribution >= 0.6 is 0 Å². The lowest BCUT2D eigenvalue weighted by Crippen LogP contribution is -2.52. The van der Waals surface area contributed by atoms with Gasteiger partial charge in [0.2, 0.25) is 0 Å². The number of para-hydroxylation sites is 3. The van der Waals surface area contributed by atoms with Crippen LogP contribution in [0, 0.1) is 0 Å². The fraction of sp³-hybridized carbons (Fsp3) is 0.190. The number of imidazole rings is 1. The fourth-order valence-electron chi connectivity index (χ4n) is 6.74. The Morgan fingerprint density at radius 3 is 1.87 bits per heavy atom. The maximum atomic E-state index is 5.30. The van der Waals surface area contributed by atoms with Crippen LogP contribution in [0.2, 0.25) is 13.1 Å². The first-order valence-corrected chi connectivity index (χ1v) is 19.4. The summed E-state index contributed by atoms with van der Waals surface area (Å²) in [4.78, 5) is 10.1. The van der Waals surface area contributed by atoms with E-state index in [9.17, 15) is 0 Å². The van der Waals surface area contributed by atoms with Crippen LogP contribution in [0.1, 0.15) is 50.7 Å². The van der Waals surface area contributed by atoms with Crippen molar-refractivity contribution in [2.24, 2.45) is 0 Å². The number of rotatable bonds is 7. The fourth-order valence-corrected chi connectivity index (χ4v) is 9.13. The summed E-state index contributed by atoms with van der Waals surface area (Å²) in [5.41, 5.74) is 9.45. The highest BCUT2D eigenvalue weighted by molar-refractivity contribution is 7.00. The van der Waals surface area contributed by atoms with Crippen LogP contribution in [0.5, 0.6) is 0 Å². The van der Waals surface area contributed by atoms with Gasteiger partial charge >= 0.3 is 0 Å². The van der Waals surface area contributed by atoms with Gasteiger partial charge in [0.05, 0.1) is 22.4 Å². The molecule has 0 aliphatic heterocycles. The van der Waals surface area contributed by atoms with E-state index in [4.69, 9.17) is 9.97 Å². The van der Waals surface area contributed by atoms with Crippen LogP contribution in [0.4, 0.5) is 0 Å². The summed E-state index contributed by atoms with van der Waals surface area (Å²) < 4.78 is 2.43. The highest BCUT2D eigenvalue weighted by Gasteiger charge is 2.28. The van der Waals surface area contributed by atoms with Gasteiger partial charge in [-0.15, -0.1) is 0 Å². The summed E-state index contributed by atoms with van der Waals surface area (Å²) in [6.45, 7) is 14.1. The third-order valence-electron chi connectivity index (χ3n) is 9.48. The minimum absolute atomic E-state index is 0.379. The molecule has 4 heteroatoms. The quantitative estimate of drug-likeness (QED) is 0.167. The molecule has 0 amide bonds. The van der Waals surface area contributed by atoms with E-state index in [2.05, 4.69) is 167 Å². The van der Waals surface area contributed by atoms with Crippen LogP contribution < -0.4 is 10.4 Å². The molecule has 46 heavy (non-hydrogen) atoms. The molecule has 7 rings (SSSR count). The van der Waals surface area contributed by atoms with Crippen molar-refractivity contribution in [2.75, 3.05) is 0 Å². The molecule has 0 saturated heterocycles. The van der Waals surface area contributed by atoms with Crippen LogP contribution in [0.3, 0.4) is 0 Å². The molecule has 0 saturated carbocycles. The second-order valence-corrected chi connectivity index (χ2v) is 18.0. The highest BCUT2D eigenvalue weighted by Crippen LogP contribution is 2.37. The van der Waals surface area contributed by atoms with Gasteiger partial charge in [0, 0.05) is 22.7 Å². The Morgan fingerprint density at radius 1 is 0.587 bits per heavy atom. The van der Waals surface area contributed by atoms with E-state index in [1.807, 2.05) is 6.20 Å².